The van der Waals surface area contributed by atoms with Gasteiger partial charge in [-0.25, -0.2) is 0 Å². The highest BCUT2D eigenvalue weighted by atomic mass is 19.4. The number of carbonyl (C=O) groups is 1. The summed E-state index contributed by atoms with van der Waals surface area (Å²) in [7, 11) is 0. The van der Waals surface area contributed by atoms with E-state index in [2.05, 4.69) is 4.98 Å². The molecule has 2 heterocycles. The average molecular weight is 364 g/mol. The Hall–Kier alpha value is -2.57. The van der Waals surface area contributed by atoms with Crippen LogP contribution in [0.3, 0.4) is 0 Å². The molecule has 0 unspecified atom stereocenters. The van der Waals surface area contributed by atoms with Crippen LogP contribution in [-0.4, -0.2) is 28.9 Å². The lowest BCUT2D eigenvalue weighted by Crippen LogP contribution is -2.39. The Bertz CT molecular complexity index is 817. The van der Waals surface area contributed by atoms with Crippen LogP contribution in [0.2, 0.25) is 0 Å². The summed E-state index contributed by atoms with van der Waals surface area (Å²) in [6.45, 7) is 0.859. The predicted octanol–water partition coefficient (Wildman–Crippen LogP) is 3.49. The molecular weight excluding hydrogens is 345 g/mol. The van der Waals surface area contributed by atoms with Crippen molar-refractivity contribution in [3.8, 4) is 0 Å². The van der Waals surface area contributed by atoms with Gasteiger partial charge in [0, 0.05) is 25.4 Å². The van der Waals surface area contributed by atoms with Gasteiger partial charge in [0.25, 0.3) is 5.91 Å². The van der Waals surface area contributed by atoms with Gasteiger partial charge >= 0.3 is 6.18 Å². The third-order valence-electron chi connectivity index (χ3n) is 4.74. The van der Waals surface area contributed by atoms with Crippen LogP contribution in [-0.2, 0) is 12.6 Å². The number of amides is 1. The smallest absolute Gasteiger partial charge is 0.339 e. The number of pyridine rings is 1. The molecule has 1 fully saturated rings. The number of hydrogen-bond donors (Lipinski definition) is 1. The minimum atomic E-state index is -4.55. The monoisotopic (exact) mass is 364 g/mol. The van der Waals surface area contributed by atoms with Crippen LogP contribution >= 0.6 is 0 Å². The van der Waals surface area contributed by atoms with E-state index in [1.54, 1.807) is 12.3 Å². The molecule has 1 aromatic heterocycles. The van der Waals surface area contributed by atoms with Crippen LogP contribution in [0.1, 0.15) is 34.3 Å². The summed E-state index contributed by atoms with van der Waals surface area (Å²) < 4.78 is 39.3. The minimum Gasteiger partial charge on any atom is -0.339 e. The molecule has 0 atom stereocenters. The van der Waals surface area contributed by atoms with E-state index < -0.39 is 17.6 Å². The number of alkyl halides is 3. The summed E-state index contributed by atoms with van der Waals surface area (Å²) in [5, 5.41) is 0. The first-order valence-electron chi connectivity index (χ1n) is 8.47. The number of aromatic nitrogens is 1. The zero-order valence-corrected chi connectivity index (χ0v) is 14.1. The Kier molecular flexibility index (Phi) is 5.15. The number of likely N-dealkylation sites (tertiary alicyclic amines) is 1. The minimum absolute atomic E-state index is 0.155. The Morgan fingerprint density at radius 1 is 1.12 bits per heavy atom. The molecule has 3 rings (SSSR count). The molecule has 0 aliphatic carbocycles. The normalized spacial score (nSPS) is 15.9. The summed E-state index contributed by atoms with van der Waals surface area (Å²) in [5.41, 5.74) is -0.325. The summed E-state index contributed by atoms with van der Waals surface area (Å²) in [6.07, 6.45) is -0.649. The molecule has 0 bridgehead atoms. The fourth-order valence-corrected chi connectivity index (χ4v) is 3.33. The second-order valence-corrected chi connectivity index (χ2v) is 6.54. The Labute approximate surface area is 148 Å². The first-order valence-corrected chi connectivity index (χ1v) is 8.47. The lowest BCUT2D eigenvalue weighted by Gasteiger charge is -2.32. The molecule has 2 aromatic rings. The number of aromatic amines is 1. The first-order chi connectivity index (χ1) is 12.3. The van der Waals surface area contributed by atoms with Crippen molar-refractivity contribution in [3.05, 3.63) is 69.6 Å². The van der Waals surface area contributed by atoms with Crippen molar-refractivity contribution in [2.75, 3.05) is 13.1 Å². The van der Waals surface area contributed by atoms with Gasteiger partial charge in [0.2, 0.25) is 5.56 Å². The SMILES string of the molecule is O=C(c1ccccc1C(F)(F)F)N1CCC(Cc2ccc(=O)[nH]c2)CC1. The number of nitrogens with one attached hydrogen (secondary N) is 1. The standard InChI is InChI=1S/C19H19F3N2O2/c20-19(21,22)16-4-2-1-3-15(16)18(26)24-9-7-13(8-10-24)11-14-5-6-17(25)23-12-14/h1-6,12-13H,7-11H2,(H,23,25). The molecule has 1 aliphatic heterocycles. The van der Waals surface area contributed by atoms with Crippen LogP contribution in [0.4, 0.5) is 13.2 Å². The van der Waals surface area contributed by atoms with E-state index in [4.69, 9.17) is 0 Å². The average Bonchev–Trinajstić information content (AvgIpc) is 2.63. The molecule has 0 radical (unpaired) electrons. The van der Waals surface area contributed by atoms with Gasteiger partial charge in [0.15, 0.2) is 0 Å². The fourth-order valence-electron chi connectivity index (χ4n) is 3.33. The topological polar surface area (TPSA) is 53.2 Å². The maximum atomic E-state index is 13.1. The van der Waals surface area contributed by atoms with Crippen molar-refractivity contribution >= 4 is 5.91 Å². The van der Waals surface area contributed by atoms with Gasteiger partial charge in [-0.2, -0.15) is 13.2 Å². The van der Waals surface area contributed by atoms with E-state index in [1.165, 1.54) is 29.2 Å². The lowest BCUT2D eigenvalue weighted by molar-refractivity contribution is -0.138. The second-order valence-electron chi connectivity index (χ2n) is 6.54. The van der Waals surface area contributed by atoms with Crippen LogP contribution < -0.4 is 5.56 Å². The summed E-state index contributed by atoms with van der Waals surface area (Å²) in [5.74, 6) is -0.233. The van der Waals surface area contributed by atoms with E-state index in [9.17, 15) is 22.8 Å². The molecule has 1 amide bonds. The predicted molar refractivity (Wildman–Crippen MR) is 90.8 cm³/mol. The van der Waals surface area contributed by atoms with Crippen LogP contribution in [0.15, 0.2) is 47.4 Å². The van der Waals surface area contributed by atoms with Crippen LogP contribution in [0, 0.1) is 5.92 Å². The molecule has 1 N–H and O–H groups in total. The molecule has 4 nitrogen and oxygen atoms in total. The number of piperidine rings is 1. The van der Waals surface area contributed by atoms with Gasteiger partial charge < -0.3 is 9.88 Å². The molecule has 7 heteroatoms. The molecule has 26 heavy (non-hydrogen) atoms. The zero-order valence-electron chi connectivity index (χ0n) is 14.1. The summed E-state index contributed by atoms with van der Waals surface area (Å²) in [4.78, 5) is 27.8. The Balaban J connectivity index is 1.64. The number of halogens is 3. The quantitative estimate of drug-likeness (QED) is 0.907. The maximum Gasteiger partial charge on any atom is 0.417 e. The van der Waals surface area contributed by atoms with E-state index in [0.717, 1.165) is 30.9 Å². The van der Waals surface area contributed by atoms with Gasteiger partial charge in [-0.1, -0.05) is 18.2 Å². The summed E-state index contributed by atoms with van der Waals surface area (Å²) in [6, 6.07) is 8.16. The Morgan fingerprint density at radius 3 is 2.42 bits per heavy atom. The number of hydrogen-bond acceptors (Lipinski definition) is 2. The largest absolute Gasteiger partial charge is 0.417 e. The number of H-pyrrole nitrogens is 1. The number of nitrogens with zero attached hydrogens (tertiary/aromatic N) is 1. The number of carbonyl (C=O) groups excluding carboxylic acids is 1. The van der Waals surface area contributed by atoms with E-state index >= 15 is 0 Å². The molecular formula is C19H19F3N2O2. The molecule has 0 saturated carbocycles. The van der Waals surface area contributed by atoms with Crippen LogP contribution in [0.25, 0.3) is 0 Å². The lowest BCUT2D eigenvalue weighted by atomic mass is 9.90. The highest BCUT2D eigenvalue weighted by molar-refractivity contribution is 5.96. The fraction of sp³-hybridized carbons (Fsp3) is 0.368. The van der Waals surface area contributed by atoms with Crippen molar-refractivity contribution in [1.82, 2.24) is 9.88 Å². The van der Waals surface area contributed by atoms with Gasteiger partial charge in [-0.3, -0.25) is 9.59 Å². The molecule has 138 valence electrons. The van der Waals surface area contributed by atoms with Gasteiger partial charge in [-0.15, -0.1) is 0 Å². The van der Waals surface area contributed by atoms with Gasteiger partial charge in [0.1, 0.15) is 0 Å². The van der Waals surface area contributed by atoms with Crippen molar-refractivity contribution in [3.63, 3.8) is 0 Å². The van der Waals surface area contributed by atoms with Gasteiger partial charge in [-0.05, 0) is 42.9 Å². The van der Waals surface area contributed by atoms with Crippen LogP contribution in [0.5, 0.6) is 0 Å². The third-order valence-corrected chi connectivity index (χ3v) is 4.74. The third kappa shape index (κ3) is 4.15. The first kappa shape index (κ1) is 18.2. The number of benzene rings is 1. The highest BCUT2D eigenvalue weighted by Crippen LogP contribution is 2.33. The molecule has 0 spiro atoms. The van der Waals surface area contributed by atoms with E-state index in [-0.39, 0.29) is 11.1 Å². The van der Waals surface area contributed by atoms with Crippen molar-refractivity contribution < 1.29 is 18.0 Å². The van der Waals surface area contributed by atoms with E-state index in [0.29, 0.717) is 19.0 Å². The van der Waals surface area contributed by atoms with E-state index in [1.807, 2.05) is 0 Å². The van der Waals surface area contributed by atoms with Crippen molar-refractivity contribution in [2.24, 2.45) is 5.92 Å². The Morgan fingerprint density at radius 2 is 1.81 bits per heavy atom. The molecule has 1 aliphatic rings. The number of rotatable bonds is 3. The molecule has 1 saturated heterocycles. The van der Waals surface area contributed by atoms with Gasteiger partial charge in [0.05, 0.1) is 11.1 Å². The highest BCUT2D eigenvalue weighted by Gasteiger charge is 2.36. The van der Waals surface area contributed by atoms with Crippen molar-refractivity contribution in [1.29, 1.82) is 0 Å². The molecule has 1 aromatic carbocycles. The summed E-state index contributed by atoms with van der Waals surface area (Å²) >= 11 is 0. The second kappa shape index (κ2) is 7.35. The van der Waals surface area contributed by atoms with Crippen molar-refractivity contribution in [2.45, 2.75) is 25.4 Å². The maximum absolute atomic E-state index is 13.1. The zero-order chi connectivity index (χ0) is 18.7.